The van der Waals surface area contributed by atoms with Crippen molar-refractivity contribution in [3.8, 4) is 0 Å². The van der Waals surface area contributed by atoms with Gasteiger partial charge in [0.05, 0.1) is 6.10 Å². The van der Waals surface area contributed by atoms with Crippen LogP contribution in [0.25, 0.3) is 0 Å². The van der Waals surface area contributed by atoms with Gasteiger partial charge in [0.15, 0.2) is 0 Å². The van der Waals surface area contributed by atoms with Crippen molar-refractivity contribution in [2.45, 2.75) is 30.3 Å². The van der Waals surface area contributed by atoms with Crippen LogP contribution in [0.15, 0.2) is 59.5 Å². The summed E-state index contributed by atoms with van der Waals surface area (Å²) in [6.45, 7) is 1.36. The number of thioether (sulfide) groups is 1. The molecule has 1 fully saturated rings. The number of aliphatic hydroxyl groups is 1. The third-order valence-electron chi connectivity index (χ3n) is 4.89. The van der Waals surface area contributed by atoms with Crippen LogP contribution < -0.4 is 0 Å². The Kier molecular flexibility index (Phi) is 6.69. The molecule has 1 atom stereocenters. The molecule has 0 aromatic heterocycles. The first-order valence-electron chi connectivity index (χ1n) is 9.03. The van der Waals surface area contributed by atoms with Crippen LogP contribution in [0.3, 0.4) is 0 Å². The first-order valence-corrected chi connectivity index (χ1v) is 10.0. The van der Waals surface area contributed by atoms with Gasteiger partial charge in [-0.2, -0.15) is 0 Å². The zero-order chi connectivity index (χ0) is 18.4. The second kappa shape index (κ2) is 9.19. The van der Waals surface area contributed by atoms with Crippen LogP contribution in [0, 0.1) is 11.7 Å². The summed E-state index contributed by atoms with van der Waals surface area (Å²) in [6, 6.07) is 16.3. The Balaban J connectivity index is 1.43. The number of halogens is 1. The summed E-state index contributed by atoms with van der Waals surface area (Å²) < 4.78 is 13.6. The topological polar surface area (TPSA) is 40.5 Å². The summed E-state index contributed by atoms with van der Waals surface area (Å²) in [7, 11) is 0. The number of hydrogen-bond acceptors (Lipinski definition) is 3. The predicted octanol–water partition coefficient (Wildman–Crippen LogP) is 4.28. The number of carbonyl (C=O) groups is 1. The number of nitrogens with zero attached hydrogens (tertiary/aromatic N) is 1. The number of aliphatic hydroxyl groups excluding tert-OH is 1. The maximum absolute atomic E-state index is 13.6. The van der Waals surface area contributed by atoms with Crippen LogP contribution in [0.1, 0.15) is 30.9 Å². The average molecular weight is 373 g/mol. The van der Waals surface area contributed by atoms with Crippen molar-refractivity contribution in [1.29, 1.82) is 0 Å². The second-order valence-electron chi connectivity index (χ2n) is 6.60. The summed E-state index contributed by atoms with van der Waals surface area (Å²) >= 11 is 1.38. The van der Waals surface area contributed by atoms with Crippen molar-refractivity contribution in [3.05, 3.63) is 66.0 Å². The lowest BCUT2D eigenvalue weighted by molar-refractivity contribution is -0.132. The van der Waals surface area contributed by atoms with Crippen LogP contribution in [0.4, 0.5) is 4.39 Å². The van der Waals surface area contributed by atoms with E-state index in [4.69, 9.17) is 0 Å². The number of hydrogen-bond donors (Lipinski definition) is 1. The van der Waals surface area contributed by atoms with Gasteiger partial charge in [-0.3, -0.25) is 4.79 Å². The highest BCUT2D eigenvalue weighted by molar-refractivity contribution is 7.99. The van der Waals surface area contributed by atoms with Crippen LogP contribution in [0.5, 0.6) is 0 Å². The van der Waals surface area contributed by atoms with E-state index in [1.807, 2.05) is 35.2 Å². The number of piperidine rings is 1. The Labute approximate surface area is 158 Å². The van der Waals surface area contributed by atoms with Gasteiger partial charge in [-0.1, -0.05) is 42.5 Å². The summed E-state index contributed by atoms with van der Waals surface area (Å²) in [6.07, 6.45) is 1.56. The van der Waals surface area contributed by atoms with E-state index in [1.54, 1.807) is 18.2 Å². The molecule has 138 valence electrons. The van der Waals surface area contributed by atoms with Crippen molar-refractivity contribution in [2.75, 3.05) is 18.8 Å². The molecule has 0 radical (unpaired) electrons. The zero-order valence-electron chi connectivity index (χ0n) is 14.7. The van der Waals surface area contributed by atoms with Gasteiger partial charge >= 0.3 is 0 Å². The minimum Gasteiger partial charge on any atom is -0.388 e. The zero-order valence-corrected chi connectivity index (χ0v) is 15.5. The fourth-order valence-electron chi connectivity index (χ4n) is 3.36. The van der Waals surface area contributed by atoms with E-state index in [2.05, 4.69) is 0 Å². The lowest BCUT2D eigenvalue weighted by atomic mass is 9.87. The third-order valence-corrected chi connectivity index (χ3v) is 5.94. The molecule has 26 heavy (non-hydrogen) atoms. The van der Waals surface area contributed by atoms with Crippen LogP contribution in [0.2, 0.25) is 0 Å². The number of likely N-dealkylation sites (tertiary alicyclic amines) is 1. The van der Waals surface area contributed by atoms with E-state index in [0.717, 1.165) is 18.4 Å². The molecule has 1 aliphatic rings. The number of rotatable bonds is 6. The van der Waals surface area contributed by atoms with Crippen molar-refractivity contribution >= 4 is 17.7 Å². The molecule has 2 aromatic rings. The van der Waals surface area contributed by atoms with Crippen molar-refractivity contribution in [1.82, 2.24) is 4.90 Å². The minimum atomic E-state index is -0.468. The molecule has 1 aliphatic heterocycles. The Morgan fingerprint density at radius 2 is 1.77 bits per heavy atom. The van der Waals surface area contributed by atoms with Gasteiger partial charge in [-0.15, -0.1) is 11.8 Å². The quantitative estimate of drug-likeness (QED) is 0.769. The lowest BCUT2D eigenvalue weighted by Gasteiger charge is -2.34. The molecule has 1 N–H and O–H groups in total. The summed E-state index contributed by atoms with van der Waals surface area (Å²) in [4.78, 5) is 14.8. The van der Waals surface area contributed by atoms with E-state index < -0.39 is 6.10 Å². The van der Waals surface area contributed by atoms with E-state index in [1.165, 1.54) is 17.8 Å². The van der Waals surface area contributed by atoms with Crippen LogP contribution in [-0.2, 0) is 4.79 Å². The molecule has 1 heterocycles. The van der Waals surface area contributed by atoms with Crippen molar-refractivity contribution in [3.63, 3.8) is 0 Å². The highest BCUT2D eigenvalue weighted by Crippen LogP contribution is 2.31. The van der Waals surface area contributed by atoms with E-state index in [9.17, 15) is 14.3 Å². The molecule has 1 saturated heterocycles. The molecular formula is C21H24FNO2S. The SMILES string of the molecule is O=C(CCSc1ccccc1F)N1CCC(C(O)c2ccccc2)CC1. The normalized spacial score (nSPS) is 16.5. The summed E-state index contributed by atoms with van der Waals surface area (Å²) in [5, 5.41) is 10.5. The Morgan fingerprint density at radius 3 is 2.46 bits per heavy atom. The molecule has 2 aromatic carbocycles. The van der Waals surface area contributed by atoms with Gasteiger partial charge in [-0.05, 0) is 36.5 Å². The molecule has 0 saturated carbocycles. The highest BCUT2D eigenvalue weighted by Gasteiger charge is 2.28. The molecule has 5 heteroatoms. The summed E-state index contributed by atoms with van der Waals surface area (Å²) in [5.41, 5.74) is 0.943. The molecule has 0 aliphatic carbocycles. The highest BCUT2D eigenvalue weighted by atomic mass is 32.2. The minimum absolute atomic E-state index is 0.112. The molecule has 3 rings (SSSR count). The van der Waals surface area contributed by atoms with Crippen LogP contribution in [-0.4, -0.2) is 34.8 Å². The third kappa shape index (κ3) is 4.86. The Bertz CT molecular complexity index is 717. The molecule has 1 unspecified atom stereocenters. The van der Waals surface area contributed by atoms with Gasteiger partial charge in [0.1, 0.15) is 5.82 Å². The number of amides is 1. The average Bonchev–Trinajstić information content (AvgIpc) is 2.69. The maximum atomic E-state index is 13.6. The fraction of sp³-hybridized carbons (Fsp3) is 0.381. The second-order valence-corrected chi connectivity index (χ2v) is 7.74. The van der Waals surface area contributed by atoms with Gasteiger partial charge in [-0.25, -0.2) is 4.39 Å². The molecular weight excluding hydrogens is 349 g/mol. The molecule has 3 nitrogen and oxygen atoms in total. The fourth-order valence-corrected chi connectivity index (χ4v) is 4.23. The molecule has 0 spiro atoms. The van der Waals surface area contributed by atoms with Gasteiger partial charge in [0.25, 0.3) is 0 Å². The Hall–Kier alpha value is -1.85. The first-order chi connectivity index (χ1) is 12.6. The monoisotopic (exact) mass is 373 g/mol. The first kappa shape index (κ1) is 18.9. The van der Waals surface area contributed by atoms with Crippen LogP contribution >= 0.6 is 11.8 Å². The lowest BCUT2D eigenvalue weighted by Crippen LogP contribution is -2.39. The maximum Gasteiger partial charge on any atom is 0.223 e. The smallest absolute Gasteiger partial charge is 0.223 e. The van der Waals surface area contributed by atoms with E-state index in [0.29, 0.717) is 30.2 Å². The number of benzene rings is 2. The van der Waals surface area contributed by atoms with Gasteiger partial charge in [0, 0.05) is 30.2 Å². The molecule has 0 bridgehead atoms. The largest absolute Gasteiger partial charge is 0.388 e. The molecule has 1 amide bonds. The number of carbonyl (C=O) groups excluding carboxylic acids is 1. The van der Waals surface area contributed by atoms with Gasteiger partial charge in [0.2, 0.25) is 5.91 Å². The predicted molar refractivity (Wildman–Crippen MR) is 102 cm³/mol. The van der Waals surface area contributed by atoms with Gasteiger partial charge < -0.3 is 10.0 Å². The Morgan fingerprint density at radius 1 is 1.12 bits per heavy atom. The van der Waals surface area contributed by atoms with E-state index in [-0.39, 0.29) is 17.6 Å². The summed E-state index contributed by atoms with van der Waals surface area (Å²) in [5.74, 6) is 0.642. The van der Waals surface area contributed by atoms with Crippen molar-refractivity contribution in [2.24, 2.45) is 5.92 Å². The van der Waals surface area contributed by atoms with Crippen molar-refractivity contribution < 1.29 is 14.3 Å². The standard InChI is InChI=1S/C21H24FNO2S/c22-18-8-4-5-9-19(18)26-15-12-20(24)23-13-10-17(11-14-23)21(25)16-6-2-1-3-7-16/h1-9,17,21,25H,10-15H2. The van der Waals surface area contributed by atoms with E-state index >= 15 is 0 Å².